The molecule has 1 fully saturated rings. The van der Waals surface area contributed by atoms with Crippen LogP contribution in [0.1, 0.15) is 11.4 Å². The van der Waals surface area contributed by atoms with Crippen LogP contribution < -0.4 is 15.4 Å². The van der Waals surface area contributed by atoms with E-state index in [1.807, 2.05) is 43.3 Å². The van der Waals surface area contributed by atoms with Crippen molar-refractivity contribution in [2.75, 3.05) is 7.11 Å². The summed E-state index contributed by atoms with van der Waals surface area (Å²) in [4.78, 5) is 11.8. The summed E-state index contributed by atoms with van der Waals surface area (Å²) in [6, 6.07) is 11.7. The molecule has 1 aliphatic rings. The molecule has 1 aliphatic heterocycles. The topological polar surface area (TPSA) is 55.3 Å². The Hall–Kier alpha value is -2.60. The van der Waals surface area contributed by atoms with Gasteiger partial charge in [-0.25, -0.2) is 0 Å². The molecule has 112 valence electrons. The maximum atomic E-state index is 11.8. The first kappa shape index (κ1) is 14.3. The zero-order valence-corrected chi connectivity index (χ0v) is 13.0. The van der Waals surface area contributed by atoms with Gasteiger partial charge in [0.25, 0.3) is 5.91 Å². The molecule has 2 N–H and O–H groups in total. The van der Waals surface area contributed by atoms with Crippen LogP contribution in [0.25, 0.3) is 11.8 Å². The average molecular weight is 313 g/mol. The van der Waals surface area contributed by atoms with E-state index < -0.39 is 0 Å². The number of nitrogens with one attached hydrogen (secondary N) is 2. The number of aromatic nitrogens is 1. The van der Waals surface area contributed by atoms with Gasteiger partial charge in [0.15, 0.2) is 5.11 Å². The fourth-order valence-electron chi connectivity index (χ4n) is 2.39. The van der Waals surface area contributed by atoms with E-state index in [1.54, 1.807) is 13.2 Å². The first-order chi connectivity index (χ1) is 10.6. The normalized spacial score (nSPS) is 15.8. The Morgan fingerprint density at radius 1 is 1.14 bits per heavy atom. The summed E-state index contributed by atoms with van der Waals surface area (Å²) < 4.78 is 7.24. The largest absolute Gasteiger partial charge is 0.497 e. The molecule has 2 aromatic rings. The number of hydrogen-bond donors (Lipinski definition) is 2. The first-order valence-corrected chi connectivity index (χ1v) is 7.16. The van der Waals surface area contributed by atoms with E-state index in [0.717, 1.165) is 22.8 Å². The van der Waals surface area contributed by atoms with Crippen molar-refractivity contribution < 1.29 is 9.53 Å². The zero-order chi connectivity index (χ0) is 15.7. The van der Waals surface area contributed by atoms with Crippen molar-refractivity contribution in [3.8, 4) is 11.4 Å². The number of rotatable bonds is 3. The predicted octanol–water partition coefficient (Wildman–Crippen LogP) is 2.14. The minimum Gasteiger partial charge on any atom is -0.497 e. The predicted molar refractivity (Wildman–Crippen MR) is 88.9 cm³/mol. The molecular formula is C16H15N3O2S. The molecule has 3 rings (SSSR count). The van der Waals surface area contributed by atoms with Crippen LogP contribution >= 0.6 is 12.2 Å². The summed E-state index contributed by atoms with van der Waals surface area (Å²) in [5.41, 5.74) is 3.40. The Morgan fingerprint density at radius 3 is 2.45 bits per heavy atom. The fourth-order valence-corrected chi connectivity index (χ4v) is 2.59. The standard InChI is InChI=1S/C16H15N3O2S/c1-10-3-4-12(9-14-15(20)18-16(22)17-14)19(10)11-5-7-13(21-2)8-6-11/h3-9H,1-2H3,(H2,17,18,20,22)/b14-9+. The number of aryl methyl sites for hydroxylation is 1. The van der Waals surface area contributed by atoms with Crippen LogP contribution in [0.5, 0.6) is 5.75 Å². The summed E-state index contributed by atoms with van der Waals surface area (Å²) in [5, 5.41) is 5.74. The number of carbonyl (C=O) groups excluding carboxylic acids is 1. The van der Waals surface area contributed by atoms with Crippen LogP contribution in [0.4, 0.5) is 0 Å². The molecule has 22 heavy (non-hydrogen) atoms. The van der Waals surface area contributed by atoms with Gasteiger partial charge in [-0.3, -0.25) is 10.1 Å². The fraction of sp³-hybridized carbons (Fsp3) is 0.125. The first-order valence-electron chi connectivity index (χ1n) is 6.75. The second-order valence-electron chi connectivity index (χ2n) is 4.90. The summed E-state index contributed by atoms with van der Waals surface area (Å²) in [6.45, 7) is 2.01. The molecule has 1 amide bonds. The lowest BCUT2D eigenvalue weighted by Crippen LogP contribution is -2.21. The summed E-state index contributed by atoms with van der Waals surface area (Å²) in [6.07, 6.45) is 1.78. The Kier molecular flexibility index (Phi) is 3.68. The van der Waals surface area contributed by atoms with E-state index in [-0.39, 0.29) is 5.91 Å². The number of thiocarbonyl (C=S) groups is 1. The summed E-state index contributed by atoms with van der Waals surface area (Å²) in [5.74, 6) is 0.584. The minimum atomic E-state index is -0.217. The third-order valence-electron chi connectivity index (χ3n) is 3.45. The summed E-state index contributed by atoms with van der Waals surface area (Å²) >= 11 is 4.94. The highest BCUT2D eigenvalue weighted by atomic mass is 32.1. The summed E-state index contributed by atoms with van der Waals surface area (Å²) in [7, 11) is 1.64. The highest BCUT2D eigenvalue weighted by Crippen LogP contribution is 2.21. The molecule has 0 spiro atoms. The van der Waals surface area contributed by atoms with Gasteiger partial charge in [-0.2, -0.15) is 0 Å². The molecule has 1 aromatic carbocycles. The monoisotopic (exact) mass is 313 g/mol. The van der Waals surface area contributed by atoms with E-state index in [4.69, 9.17) is 17.0 Å². The molecule has 0 unspecified atom stereocenters. The van der Waals surface area contributed by atoms with Crippen LogP contribution in [0.3, 0.4) is 0 Å². The number of methoxy groups -OCH3 is 1. The van der Waals surface area contributed by atoms with Gasteiger partial charge >= 0.3 is 0 Å². The number of carbonyl (C=O) groups is 1. The van der Waals surface area contributed by atoms with Crippen molar-refractivity contribution in [2.45, 2.75) is 6.92 Å². The third-order valence-corrected chi connectivity index (χ3v) is 3.65. The second-order valence-corrected chi connectivity index (χ2v) is 5.31. The highest BCUT2D eigenvalue weighted by molar-refractivity contribution is 7.80. The van der Waals surface area contributed by atoms with Crippen molar-refractivity contribution in [3.05, 3.63) is 53.5 Å². The Bertz CT molecular complexity index is 775. The number of ether oxygens (including phenoxy) is 1. The molecule has 0 saturated carbocycles. The van der Waals surface area contributed by atoms with E-state index >= 15 is 0 Å². The van der Waals surface area contributed by atoms with Crippen molar-refractivity contribution in [1.29, 1.82) is 0 Å². The van der Waals surface area contributed by atoms with Gasteiger partial charge in [0.2, 0.25) is 0 Å². The molecule has 2 heterocycles. The number of nitrogens with zero attached hydrogens (tertiary/aromatic N) is 1. The van der Waals surface area contributed by atoms with E-state index in [2.05, 4.69) is 15.2 Å². The van der Waals surface area contributed by atoms with Crippen LogP contribution in [-0.4, -0.2) is 22.7 Å². The van der Waals surface area contributed by atoms with Crippen LogP contribution in [0.15, 0.2) is 42.1 Å². The third kappa shape index (κ3) is 2.60. The molecule has 6 heteroatoms. The van der Waals surface area contributed by atoms with Gasteiger partial charge in [0, 0.05) is 17.1 Å². The van der Waals surface area contributed by atoms with Gasteiger partial charge in [0.1, 0.15) is 11.4 Å². The average Bonchev–Trinajstić information content (AvgIpc) is 3.02. The quantitative estimate of drug-likeness (QED) is 0.673. The number of benzene rings is 1. The van der Waals surface area contributed by atoms with Crippen molar-refractivity contribution in [3.63, 3.8) is 0 Å². The highest BCUT2D eigenvalue weighted by Gasteiger charge is 2.20. The van der Waals surface area contributed by atoms with Crippen molar-refractivity contribution >= 4 is 29.3 Å². The lowest BCUT2D eigenvalue weighted by Gasteiger charge is -2.11. The number of hydrogen-bond acceptors (Lipinski definition) is 3. The second kappa shape index (κ2) is 5.65. The molecular weight excluding hydrogens is 298 g/mol. The Balaban J connectivity index is 2.02. The van der Waals surface area contributed by atoms with Gasteiger partial charge in [-0.05, 0) is 61.6 Å². The molecule has 5 nitrogen and oxygen atoms in total. The van der Waals surface area contributed by atoms with Crippen LogP contribution in [0, 0.1) is 6.92 Å². The molecule has 1 aromatic heterocycles. The molecule has 0 atom stereocenters. The van der Waals surface area contributed by atoms with Gasteiger partial charge in [-0.1, -0.05) is 0 Å². The Labute approximate surface area is 133 Å². The zero-order valence-electron chi connectivity index (χ0n) is 12.2. The van der Waals surface area contributed by atoms with Crippen LogP contribution in [0.2, 0.25) is 0 Å². The smallest absolute Gasteiger partial charge is 0.273 e. The SMILES string of the molecule is COc1ccc(-n2c(C)ccc2/C=C2/NC(=S)NC2=O)cc1. The molecule has 1 saturated heterocycles. The van der Waals surface area contributed by atoms with Crippen molar-refractivity contribution in [1.82, 2.24) is 15.2 Å². The lowest BCUT2D eigenvalue weighted by atomic mass is 10.2. The Morgan fingerprint density at radius 2 is 1.86 bits per heavy atom. The van der Waals surface area contributed by atoms with Crippen molar-refractivity contribution in [2.24, 2.45) is 0 Å². The van der Waals surface area contributed by atoms with E-state index in [9.17, 15) is 4.79 Å². The molecule has 0 bridgehead atoms. The van der Waals surface area contributed by atoms with Gasteiger partial charge in [-0.15, -0.1) is 0 Å². The maximum absolute atomic E-state index is 11.8. The van der Waals surface area contributed by atoms with E-state index in [1.165, 1.54) is 0 Å². The minimum absolute atomic E-state index is 0.217. The number of amides is 1. The lowest BCUT2D eigenvalue weighted by molar-refractivity contribution is -0.115. The van der Waals surface area contributed by atoms with Gasteiger partial charge < -0.3 is 14.6 Å². The molecule has 0 aliphatic carbocycles. The molecule has 0 radical (unpaired) electrons. The van der Waals surface area contributed by atoms with Gasteiger partial charge in [0.05, 0.1) is 7.11 Å². The maximum Gasteiger partial charge on any atom is 0.273 e. The van der Waals surface area contributed by atoms with E-state index in [0.29, 0.717) is 10.8 Å². The van der Waals surface area contributed by atoms with Crippen LogP contribution in [-0.2, 0) is 4.79 Å².